The van der Waals surface area contributed by atoms with E-state index in [2.05, 4.69) is 17.2 Å². The molecule has 0 aromatic carbocycles. The summed E-state index contributed by atoms with van der Waals surface area (Å²) >= 11 is 0. The molecule has 1 aromatic heterocycles. The lowest BCUT2D eigenvalue weighted by atomic mass is 10.3. The highest BCUT2D eigenvalue weighted by atomic mass is 16.2. The van der Waals surface area contributed by atoms with Crippen molar-refractivity contribution in [3.63, 3.8) is 0 Å². The third-order valence-corrected chi connectivity index (χ3v) is 1.90. The molecule has 0 fully saturated rings. The molecule has 2 N–H and O–H groups in total. The van der Waals surface area contributed by atoms with Gasteiger partial charge in [-0.1, -0.05) is 13.3 Å². The van der Waals surface area contributed by atoms with Crippen molar-refractivity contribution >= 4 is 12.2 Å². The summed E-state index contributed by atoms with van der Waals surface area (Å²) in [4.78, 5) is 24.4. The molecule has 0 unspecified atom stereocenters. The molecule has 1 rings (SSSR count). The predicted octanol–water partition coefficient (Wildman–Crippen LogP) is 1.36. The molecular formula is C10H14N2O2. The zero-order valence-corrected chi connectivity index (χ0v) is 8.17. The summed E-state index contributed by atoms with van der Waals surface area (Å²) in [6.45, 7) is 2.73. The minimum Gasteiger partial charge on any atom is -0.351 e. The van der Waals surface area contributed by atoms with E-state index in [1.54, 1.807) is 12.1 Å². The first kappa shape index (κ1) is 10.5. The summed E-state index contributed by atoms with van der Waals surface area (Å²) in [5, 5.41) is 2.75. The fraction of sp³-hybridized carbons (Fsp3) is 0.400. The SMILES string of the molecule is CCCCNC(=O)c1ccc(C=O)[nH]1. The molecule has 4 nitrogen and oxygen atoms in total. The summed E-state index contributed by atoms with van der Waals surface area (Å²) in [6.07, 6.45) is 2.69. The Bertz CT molecular complexity index is 318. The first-order chi connectivity index (χ1) is 6.77. The Balaban J connectivity index is 2.47. The molecule has 0 atom stereocenters. The molecule has 1 aromatic rings. The van der Waals surface area contributed by atoms with E-state index in [-0.39, 0.29) is 5.91 Å². The van der Waals surface area contributed by atoms with E-state index < -0.39 is 0 Å². The maximum Gasteiger partial charge on any atom is 0.267 e. The number of hydrogen-bond acceptors (Lipinski definition) is 2. The topological polar surface area (TPSA) is 62.0 Å². The fourth-order valence-electron chi connectivity index (χ4n) is 1.09. The number of hydrogen-bond donors (Lipinski definition) is 2. The highest BCUT2D eigenvalue weighted by Crippen LogP contribution is 1.99. The van der Waals surface area contributed by atoms with Gasteiger partial charge in [0.2, 0.25) is 0 Å². The number of H-pyrrole nitrogens is 1. The summed E-state index contributed by atoms with van der Waals surface area (Å²) in [7, 11) is 0. The minimum atomic E-state index is -0.161. The van der Waals surface area contributed by atoms with Crippen LogP contribution in [0.25, 0.3) is 0 Å². The average molecular weight is 194 g/mol. The van der Waals surface area contributed by atoms with E-state index in [9.17, 15) is 9.59 Å². The van der Waals surface area contributed by atoms with E-state index in [1.165, 1.54) is 0 Å². The lowest BCUT2D eigenvalue weighted by Crippen LogP contribution is -2.24. The summed E-state index contributed by atoms with van der Waals surface area (Å²) in [5.41, 5.74) is 0.855. The van der Waals surface area contributed by atoms with Crippen molar-refractivity contribution in [2.75, 3.05) is 6.54 Å². The lowest BCUT2D eigenvalue weighted by molar-refractivity contribution is 0.0949. The number of nitrogens with one attached hydrogen (secondary N) is 2. The number of amides is 1. The maximum atomic E-state index is 11.4. The standard InChI is InChI=1S/C10H14N2O2/c1-2-3-6-11-10(14)9-5-4-8(7-13)12-9/h4-5,7,12H,2-3,6H2,1H3,(H,11,14). The second kappa shape index (κ2) is 5.21. The van der Waals surface area contributed by atoms with Crippen LogP contribution in [-0.4, -0.2) is 23.7 Å². The smallest absolute Gasteiger partial charge is 0.267 e. The number of aromatic nitrogens is 1. The molecule has 0 radical (unpaired) electrons. The third kappa shape index (κ3) is 2.73. The Morgan fingerprint density at radius 3 is 2.93 bits per heavy atom. The van der Waals surface area contributed by atoms with Gasteiger partial charge >= 0.3 is 0 Å². The van der Waals surface area contributed by atoms with Crippen LogP contribution in [0.15, 0.2) is 12.1 Å². The number of aldehydes is 1. The second-order valence-corrected chi connectivity index (χ2v) is 3.05. The predicted molar refractivity (Wildman–Crippen MR) is 53.4 cm³/mol. The Kier molecular flexibility index (Phi) is 3.91. The van der Waals surface area contributed by atoms with Crippen molar-refractivity contribution in [3.05, 3.63) is 23.5 Å². The number of carbonyl (C=O) groups excluding carboxylic acids is 2. The molecule has 0 bridgehead atoms. The van der Waals surface area contributed by atoms with Gasteiger partial charge in [0.25, 0.3) is 5.91 Å². The quantitative estimate of drug-likeness (QED) is 0.549. The van der Waals surface area contributed by atoms with Crippen LogP contribution in [0.5, 0.6) is 0 Å². The van der Waals surface area contributed by atoms with Crippen molar-refractivity contribution < 1.29 is 9.59 Å². The van der Waals surface area contributed by atoms with Crippen LogP contribution in [-0.2, 0) is 0 Å². The van der Waals surface area contributed by atoms with Crippen LogP contribution >= 0.6 is 0 Å². The molecule has 14 heavy (non-hydrogen) atoms. The molecule has 0 saturated heterocycles. The van der Waals surface area contributed by atoms with E-state index in [4.69, 9.17) is 0 Å². The van der Waals surface area contributed by atoms with Crippen molar-refractivity contribution in [1.82, 2.24) is 10.3 Å². The molecule has 0 spiro atoms. The second-order valence-electron chi connectivity index (χ2n) is 3.05. The number of carbonyl (C=O) groups is 2. The van der Waals surface area contributed by atoms with Crippen molar-refractivity contribution in [3.8, 4) is 0 Å². The molecule has 76 valence electrons. The number of rotatable bonds is 5. The zero-order valence-electron chi connectivity index (χ0n) is 8.17. The third-order valence-electron chi connectivity index (χ3n) is 1.90. The highest BCUT2D eigenvalue weighted by molar-refractivity contribution is 5.93. The van der Waals surface area contributed by atoms with E-state index in [1.807, 2.05) is 0 Å². The Hall–Kier alpha value is -1.58. The molecule has 0 aliphatic heterocycles. The van der Waals surface area contributed by atoms with Gasteiger partial charge < -0.3 is 10.3 Å². The van der Waals surface area contributed by atoms with Gasteiger partial charge in [-0.2, -0.15) is 0 Å². The monoisotopic (exact) mass is 194 g/mol. The van der Waals surface area contributed by atoms with Gasteiger partial charge in [0.05, 0.1) is 5.69 Å². The van der Waals surface area contributed by atoms with Crippen molar-refractivity contribution in [2.24, 2.45) is 0 Å². The zero-order chi connectivity index (χ0) is 10.4. The molecule has 1 heterocycles. The van der Waals surface area contributed by atoms with Gasteiger partial charge in [0.1, 0.15) is 5.69 Å². The van der Waals surface area contributed by atoms with Crippen LogP contribution in [0.1, 0.15) is 40.7 Å². The van der Waals surface area contributed by atoms with Crippen LogP contribution < -0.4 is 5.32 Å². The van der Waals surface area contributed by atoms with Gasteiger partial charge in [-0.05, 0) is 18.6 Å². The maximum absolute atomic E-state index is 11.4. The molecule has 4 heteroatoms. The molecule has 0 aliphatic carbocycles. The van der Waals surface area contributed by atoms with Gasteiger partial charge in [0.15, 0.2) is 6.29 Å². The Morgan fingerprint density at radius 1 is 1.57 bits per heavy atom. The average Bonchev–Trinajstić information content (AvgIpc) is 2.66. The highest BCUT2D eigenvalue weighted by Gasteiger charge is 2.06. The van der Waals surface area contributed by atoms with Crippen molar-refractivity contribution in [2.45, 2.75) is 19.8 Å². The summed E-state index contributed by atoms with van der Waals surface area (Å²) in [5.74, 6) is -0.161. The van der Waals surface area contributed by atoms with Gasteiger partial charge in [-0.15, -0.1) is 0 Å². The Labute approximate surface area is 82.7 Å². The van der Waals surface area contributed by atoms with Crippen LogP contribution in [0.3, 0.4) is 0 Å². The van der Waals surface area contributed by atoms with Crippen molar-refractivity contribution in [1.29, 1.82) is 0 Å². The van der Waals surface area contributed by atoms with E-state index in [0.717, 1.165) is 12.8 Å². The van der Waals surface area contributed by atoms with Crippen LogP contribution in [0, 0.1) is 0 Å². The fourth-order valence-corrected chi connectivity index (χ4v) is 1.09. The van der Waals surface area contributed by atoms with E-state index >= 15 is 0 Å². The van der Waals surface area contributed by atoms with Gasteiger partial charge in [0, 0.05) is 6.54 Å². The molecular weight excluding hydrogens is 180 g/mol. The van der Waals surface area contributed by atoms with E-state index in [0.29, 0.717) is 24.2 Å². The lowest BCUT2D eigenvalue weighted by Gasteiger charge is -2.01. The summed E-state index contributed by atoms with van der Waals surface area (Å²) < 4.78 is 0. The molecule has 0 saturated carbocycles. The minimum absolute atomic E-state index is 0.161. The molecule has 0 aliphatic rings. The first-order valence-corrected chi connectivity index (χ1v) is 4.70. The number of unbranched alkanes of at least 4 members (excludes halogenated alkanes) is 1. The van der Waals surface area contributed by atoms with Gasteiger partial charge in [-0.25, -0.2) is 0 Å². The first-order valence-electron chi connectivity index (χ1n) is 4.70. The van der Waals surface area contributed by atoms with Crippen LogP contribution in [0.2, 0.25) is 0 Å². The normalized spacial score (nSPS) is 9.79. The Morgan fingerprint density at radius 2 is 2.36 bits per heavy atom. The number of aromatic amines is 1. The van der Waals surface area contributed by atoms with Crippen LogP contribution in [0.4, 0.5) is 0 Å². The molecule has 1 amide bonds. The summed E-state index contributed by atoms with van der Waals surface area (Å²) in [6, 6.07) is 3.19. The largest absolute Gasteiger partial charge is 0.351 e. The van der Waals surface area contributed by atoms with Gasteiger partial charge in [-0.3, -0.25) is 9.59 Å².